The molecule has 1 fully saturated rings. The monoisotopic (exact) mass is 322 g/mol. The molecule has 1 spiro atoms. The molecule has 2 N–H and O–H groups in total. The lowest BCUT2D eigenvalue weighted by atomic mass is 9.81. The molecule has 21 heavy (non-hydrogen) atoms. The molecular weight excluding hydrogens is 311 g/mol. The molecule has 2 aromatic rings. The maximum Gasteiger partial charge on any atom is 0.236 e. The number of aromatic amines is 1. The molecule has 2 aliphatic rings. The molecule has 0 aliphatic carbocycles. The third-order valence-electron chi connectivity index (χ3n) is 4.34. The fourth-order valence-electron chi connectivity index (χ4n) is 3.25. The summed E-state index contributed by atoms with van der Waals surface area (Å²) in [5.41, 5.74) is 1.13. The Hall–Kier alpha value is -1.72. The average Bonchev–Trinajstić information content (AvgIpc) is 3.15. The third kappa shape index (κ3) is 1.77. The van der Waals surface area contributed by atoms with Crippen molar-refractivity contribution in [2.24, 2.45) is 0 Å². The van der Waals surface area contributed by atoms with Crippen molar-refractivity contribution < 1.29 is 4.79 Å². The number of halogens is 2. The van der Waals surface area contributed by atoms with Crippen molar-refractivity contribution in [2.45, 2.75) is 11.8 Å². The van der Waals surface area contributed by atoms with Gasteiger partial charge in [0.15, 0.2) is 0 Å². The van der Waals surface area contributed by atoms with Crippen LogP contribution in [0.1, 0.15) is 12.0 Å². The van der Waals surface area contributed by atoms with E-state index in [0.29, 0.717) is 16.6 Å². The van der Waals surface area contributed by atoms with E-state index in [9.17, 15) is 4.79 Å². The van der Waals surface area contributed by atoms with E-state index >= 15 is 0 Å². The molecule has 7 heteroatoms. The summed E-state index contributed by atoms with van der Waals surface area (Å²) in [4.78, 5) is 14.6. The van der Waals surface area contributed by atoms with Crippen LogP contribution in [-0.4, -0.2) is 29.2 Å². The molecule has 1 atom stereocenters. The maximum atomic E-state index is 12.5. The Balaban J connectivity index is 1.77. The Kier molecular flexibility index (Phi) is 2.71. The second-order valence-corrected chi connectivity index (χ2v) is 6.27. The van der Waals surface area contributed by atoms with Gasteiger partial charge in [-0.25, -0.2) is 0 Å². The standard InChI is InChI=1S/C14H12Cl2N4O/c15-9-5-8-11(6-10(9)16)18-13(21)14(8)2-4-20(7-14)12-1-3-17-19-12/h1,3,5-6H,2,4,7H2,(H,17,19)(H,18,21)/t14-/m0/s1. The Labute approximate surface area is 131 Å². The molecule has 0 bridgehead atoms. The zero-order valence-corrected chi connectivity index (χ0v) is 12.5. The van der Waals surface area contributed by atoms with Crippen molar-refractivity contribution in [3.05, 3.63) is 40.0 Å². The van der Waals surface area contributed by atoms with Gasteiger partial charge in [-0.05, 0) is 24.1 Å². The molecule has 3 heterocycles. The summed E-state index contributed by atoms with van der Waals surface area (Å²) in [5, 5.41) is 10.8. The van der Waals surface area contributed by atoms with Gasteiger partial charge in [0.05, 0.1) is 15.5 Å². The summed E-state index contributed by atoms with van der Waals surface area (Å²) < 4.78 is 0. The fourth-order valence-corrected chi connectivity index (χ4v) is 3.58. The first-order chi connectivity index (χ1) is 10.1. The van der Waals surface area contributed by atoms with Crippen molar-refractivity contribution in [1.29, 1.82) is 0 Å². The SMILES string of the molecule is O=C1Nc2cc(Cl)c(Cl)cc2[C@@]12CCN(c1cc[nH]n1)C2. The van der Waals surface area contributed by atoms with E-state index in [1.807, 2.05) is 12.1 Å². The number of hydrogen-bond donors (Lipinski definition) is 2. The lowest BCUT2D eigenvalue weighted by Crippen LogP contribution is -2.37. The van der Waals surface area contributed by atoms with E-state index in [-0.39, 0.29) is 5.91 Å². The lowest BCUT2D eigenvalue weighted by Gasteiger charge is -2.22. The molecule has 0 radical (unpaired) electrons. The Bertz CT molecular complexity index is 731. The van der Waals surface area contributed by atoms with Crippen LogP contribution in [0.5, 0.6) is 0 Å². The molecule has 108 valence electrons. The highest BCUT2D eigenvalue weighted by molar-refractivity contribution is 6.42. The molecule has 2 aliphatic heterocycles. The third-order valence-corrected chi connectivity index (χ3v) is 5.06. The molecular formula is C14H12Cl2N4O. The molecule has 0 unspecified atom stereocenters. The van der Waals surface area contributed by atoms with Crippen LogP contribution in [0.4, 0.5) is 11.5 Å². The van der Waals surface area contributed by atoms with Crippen LogP contribution in [0.3, 0.4) is 0 Å². The highest BCUT2D eigenvalue weighted by atomic mass is 35.5. The molecule has 5 nitrogen and oxygen atoms in total. The smallest absolute Gasteiger partial charge is 0.236 e. The Morgan fingerprint density at radius 3 is 2.86 bits per heavy atom. The van der Waals surface area contributed by atoms with Crippen LogP contribution >= 0.6 is 23.2 Å². The van der Waals surface area contributed by atoms with Gasteiger partial charge in [-0.2, -0.15) is 5.10 Å². The van der Waals surface area contributed by atoms with Crippen LogP contribution in [0.15, 0.2) is 24.4 Å². The van der Waals surface area contributed by atoms with E-state index in [0.717, 1.165) is 30.0 Å². The summed E-state index contributed by atoms with van der Waals surface area (Å²) in [6, 6.07) is 5.44. The molecule has 1 aromatic heterocycles. The minimum atomic E-state index is -0.567. The number of amides is 1. The zero-order chi connectivity index (χ0) is 14.6. The van der Waals surface area contributed by atoms with Crippen LogP contribution in [0, 0.1) is 0 Å². The van der Waals surface area contributed by atoms with Gasteiger partial charge in [-0.3, -0.25) is 9.89 Å². The summed E-state index contributed by atoms with van der Waals surface area (Å²) >= 11 is 12.2. The largest absolute Gasteiger partial charge is 0.354 e. The van der Waals surface area contributed by atoms with Gasteiger partial charge in [0.25, 0.3) is 0 Å². The first kappa shape index (κ1) is 13.0. The highest BCUT2D eigenvalue weighted by Crippen LogP contribution is 2.47. The van der Waals surface area contributed by atoms with Gasteiger partial charge in [-0.15, -0.1) is 0 Å². The lowest BCUT2D eigenvalue weighted by molar-refractivity contribution is -0.120. The summed E-state index contributed by atoms with van der Waals surface area (Å²) in [5.74, 6) is 0.863. The van der Waals surface area contributed by atoms with E-state index in [4.69, 9.17) is 23.2 Å². The van der Waals surface area contributed by atoms with Gasteiger partial charge in [0.2, 0.25) is 5.91 Å². The first-order valence-electron chi connectivity index (χ1n) is 6.66. The van der Waals surface area contributed by atoms with Crippen molar-refractivity contribution in [3.63, 3.8) is 0 Å². The van der Waals surface area contributed by atoms with Gasteiger partial charge in [0.1, 0.15) is 5.82 Å². The van der Waals surface area contributed by atoms with Gasteiger partial charge in [0, 0.05) is 31.0 Å². The molecule has 4 rings (SSSR count). The van der Waals surface area contributed by atoms with E-state index in [1.54, 1.807) is 12.3 Å². The second kappa shape index (κ2) is 4.39. The van der Waals surface area contributed by atoms with E-state index in [1.165, 1.54) is 0 Å². The first-order valence-corrected chi connectivity index (χ1v) is 7.41. The normalized spacial score (nSPS) is 23.7. The van der Waals surface area contributed by atoms with Gasteiger partial charge in [-0.1, -0.05) is 23.2 Å². The van der Waals surface area contributed by atoms with E-state index in [2.05, 4.69) is 20.4 Å². The van der Waals surface area contributed by atoms with Crippen molar-refractivity contribution in [3.8, 4) is 0 Å². The Morgan fingerprint density at radius 2 is 2.10 bits per heavy atom. The van der Waals surface area contributed by atoms with Gasteiger partial charge >= 0.3 is 0 Å². The molecule has 1 amide bonds. The van der Waals surface area contributed by atoms with Crippen molar-refractivity contribution >= 4 is 40.6 Å². The number of nitrogens with one attached hydrogen (secondary N) is 2. The summed E-state index contributed by atoms with van der Waals surface area (Å²) in [6.07, 6.45) is 2.51. The minimum Gasteiger partial charge on any atom is -0.354 e. The van der Waals surface area contributed by atoms with Crippen molar-refractivity contribution in [1.82, 2.24) is 10.2 Å². The predicted octanol–water partition coefficient (Wildman–Crippen LogP) is 2.82. The molecule has 1 aromatic carbocycles. The van der Waals surface area contributed by atoms with Gasteiger partial charge < -0.3 is 10.2 Å². The number of aromatic nitrogens is 2. The number of rotatable bonds is 1. The van der Waals surface area contributed by atoms with Crippen LogP contribution in [0.25, 0.3) is 0 Å². The van der Waals surface area contributed by atoms with Crippen LogP contribution in [-0.2, 0) is 10.2 Å². The number of carbonyl (C=O) groups is 1. The summed E-state index contributed by atoms with van der Waals surface area (Å²) in [6.45, 7) is 1.37. The number of H-pyrrole nitrogens is 1. The van der Waals surface area contributed by atoms with Crippen LogP contribution < -0.4 is 10.2 Å². The Morgan fingerprint density at radius 1 is 1.29 bits per heavy atom. The number of benzene rings is 1. The van der Waals surface area contributed by atoms with Crippen molar-refractivity contribution in [2.75, 3.05) is 23.3 Å². The topological polar surface area (TPSA) is 61.0 Å². The van der Waals surface area contributed by atoms with E-state index < -0.39 is 5.41 Å². The maximum absolute atomic E-state index is 12.5. The quantitative estimate of drug-likeness (QED) is 0.848. The second-order valence-electron chi connectivity index (χ2n) is 5.45. The number of fused-ring (bicyclic) bond motifs is 2. The fraction of sp³-hybridized carbons (Fsp3) is 0.286. The molecule has 0 saturated carbocycles. The summed E-state index contributed by atoms with van der Waals surface area (Å²) in [7, 11) is 0. The highest BCUT2D eigenvalue weighted by Gasteiger charge is 2.51. The molecule has 1 saturated heterocycles. The number of carbonyl (C=O) groups excluding carboxylic acids is 1. The average molecular weight is 323 g/mol. The number of anilines is 2. The van der Waals surface area contributed by atoms with Crippen LogP contribution in [0.2, 0.25) is 10.0 Å². The zero-order valence-electron chi connectivity index (χ0n) is 11.0. The predicted molar refractivity (Wildman–Crippen MR) is 82.2 cm³/mol. The number of nitrogens with zero attached hydrogens (tertiary/aromatic N) is 2. The number of hydrogen-bond acceptors (Lipinski definition) is 3. The minimum absolute atomic E-state index is 0.00821.